The molecule has 0 saturated carbocycles. The van der Waals surface area contributed by atoms with Gasteiger partial charge in [-0.3, -0.25) is 0 Å². The van der Waals surface area contributed by atoms with Crippen LogP contribution in [0.2, 0.25) is 0 Å². The van der Waals surface area contributed by atoms with Crippen LogP contribution in [0.4, 0.5) is 0 Å². The maximum absolute atomic E-state index is 12.5. The summed E-state index contributed by atoms with van der Waals surface area (Å²) in [7, 11) is -1.75. The second-order valence-corrected chi connectivity index (χ2v) is 7.63. The zero-order valence-electron chi connectivity index (χ0n) is 12.7. The first kappa shape index (κ1) is 16.3. The molecule has 1 fully saturated rings. The van der Waals surface area contributed by atoms with Gasteiger partial charge in [0.1, 0.15) is 12.4 Å². The summed E-state index contributed by atoms with van der Waals surface area (Å²) in [6.45, 7) is 4.04. The number of likely N-dealkylation sites (N-methyl/N-ethyl adjacent to an activating group) is 1. The lowest BCUT2D eigenvalue weighted by atomic mass is 10.0. The van der Waals surface area contributed by atoms with E-state index in [2.05, 4.69) is 6.92 Å². The van der Waals surface area contributed by atoms with Crippen molar-refractivity contribution < 1.29 is 13.2 Å². The van der Waals surface area contributed by atoms with Crippen LogP contribution in [-0.2, 0) is 10.2 Å². The Labute approximate surface area is 127 Å². The van der Waals surface area contributed by atoms with E-state index in [1.54, 1.807) is 11.4 Å². The van der Waals surface area contributed by atoms with Crippen molar-refractivity contribution in [1.82, 2.24) is 8.61 Å². The third-order valence-corrected chi connectivity index (χ3v) is 5.71. The summed E-state index contributed by atoms with van der Waals surface area (Å²) in [6, 6.07) is 9.43. The monoisotopic (exact) mass is 312 g/mol. The highest BCUT2D eigenvalue weighted by atomic mass is 32.2. The molecule has 1 saturated heterocycles. The summed E-state index contributed by atoms with van der Waals surface area (Å²) in [5.41, 5.74) is 0. The molecule has 0 aliphatic carbocycles. The number of piperidine rings is 1. The molecule has 0 bridgehead atoms. The van der Waals surface area contributed by atoms with Gasteiger partial charge in [-0.05, 0) is 30.9 Å². The Bertz CT molecular complexity index is 533. The molecule has 118 valence electrons. The molecule has 0 radical (unpaired) electrons. The van der Waals surface area contributed by atoms with E-state index in [-0.39, 0.29) is 0 Å². The second kappa shape index (κ2) is 7.24. The molecule has 1 aliphatic heterocycles. The summed E-state index contributed by atoms with van der Waals surface area (Å²) >= 11 is 0. The van der Waals surface area contributed by atoms with E-state index in [9.17, 15) is 8.42 Å². The minimum Gasteiger partial charge on any atom is -0.492 e. The van der Waals surface area contributed by atoms with Crippen LogP contribution in [0.25, 0.3) is 0 Å². The van der Waals surface area contributed by atoms with Crippen molar-refractivity contribution in [2.45, 2.75) is 19.8 Å². The fourth-order valence-electron chi connectivity index (χ4n) is 2.48. The van der Waals surface area contributed by atoms with E-state index in [0.29, 0.717) is 32.2 Å². The first-order valence-electron chi connectivity index (χ1n) is 7.39. The number of para-hydroxylation sites is 1. The number of nitrogens with zero attached hydrogens (tertiary/aromatic N) is 2. The van der Waals surface area contributed by atoms with Crippen molar-refractivity contribution in [2.75, 3.05) is 33.3 Å². The van der Waals surface area contributed by atoms with Gasteiger partial charge in [0, 0.05) is 26.7 Å². The van der Waals surface area contributed by atoms with Crippen LogP contribution in [0.3, 0.4) is 0 Å². The molecule has 0 N–H and O–H groups in total. The SMILES string of the molecule is CC1CCCN(S(=O)(=O)N(C)CCOc2ccccc2)C1. The molecule has 0 amide bonds. The van der Waals surface area contributed by atoms with Crippen LogP contribution < -0.4 is 4.74 Å². The maximum Gasteiger partial charge on any atom is 0.281 e. The highest BCUT2D eigenvalue weighted by molar-refractivity contribution is 7.86. The fourth-order valence-corrected chi connectivity index (χ4v) is 3.98. The summed E-state index contributed by atoms with van der Waals surface area (Å²) < 4.78 is 33.5. The van der Waals surface area contributed by atoms with Crippen molar-refractivity contribution in [3.05, 3.63) is 30.3 Å². The van der Waals surface area contributed by atoms with Gasteiger partial charge in [-0.1, -0.05) is 25.1 Å². The number of hydrogen-bond donors (Lipinski definition) is 0. The van der Waals surface area contributed by atoms with Crippen molar-refractivity contribution in [3.8, 4) is 5.75 Å². The van der Waals surface area contributed by atoms with Crippen LogP contribution in [0, 0.1) is 5.92 Å². The smallest absolute Gasteiger partial charge is 0.281 e. The molecule has 5 nitrogen and oxygen atoms in total. The zero-order valence-corrected chi connectivity index (χ0v) is 13.6. The summed E-state index contributed by atoms with van der Waals surface area (Å²) in [5.74, 6) is 1.19. The van der Waals surface area contributed by atoms with E-state index in [4.69, 9.17) is 4.74 Å². The van der Waals surface area contributed by atoms with Gasteiger partial charge in [0.25, 0.3) is 10.2 Å². The minimum absolute atomic E-state index is 0.349. The quantitative estimate of drug-likeness (QED) is 0.807. The molecule has 6 heteroatoms. The van der Waals surface area contributed by atoms with E-state index >= 15 is 0 Å². The molecule has 1 aromatic rings. The Hall–Kier alpha value is -1.11. The molecule has 2 rings (SSSR count). The van der Waals surface area contributed by atoms with E-state index in [0.717, 1.165) is 18.6 Å². The van der Waals surface area contributed by atoms with Gasteiger partial charge in [-0.15, -0.1) is 0 Å². The first-order valence-corrected chi connectivity index (χ1v) is 8.79. The van der Waals surface area contributed by atoms with Crippen molar-refractivity contribution in [1.29, 1.82) is 0 Å². The molecule has 1 aliphatic rings. The van der Waals surface area contributed by atoms with Gasteiger partial charge >= 0.3 is 0 Å². The Kier molecular flexibility index (Phi) is 5.61. The number of rotatable bonds is 6. The predicted molar refractivity (Wildman–Crippen MR) is 83.5 cm³/mol. The van der Waals surface area contributed by atoms with Gasteiger partial charge < -0.3 is 4.74 Å². The summed E-state index contributed by atoms with van der Waals surface area (Å²) in [4.78, 5) is 0. The maximum atomic E-state index is 12.5. The Morgan fingerprint density at radius 3 is 2.71 bits per heavy atom. The predicted octanol–water partition coefficient (Wildman–Crippen LogP) is 1.97. The van der Waals surface area contributed by atoms with Crippen LogP contribution in [0.1, 0.15) is 19.8 Å². The Balaban J connectivity index is 1.85. The van der Waals surface area contributed by atoms with Gasteiger partial charge in [0.2, 0.25) is 0 Å². The van der Waals surface area contributed by atoms with Gasteiger partial charge in [0.15, 0.2) is 0 Å². The van der Waals surface area contributed by atoms with Crippen LogP contribution >= 0.6 is 0 Å². The first-order chi connectivity index (χ1) is 10.00. The van der Waals surface area contributed by atoms with Gasteiger partial charge in [0.05, 0.1) is 0 Å². The molecule has 0 spiro atoms. The van der Waals surface area contributed by atoms with Crippen LogP contribution in [0.5, 0.6) is 5.75 Å². The van der Waals surface area contributed by atoms with Gasteiger partial charge in [-0.25, -0.2) is 0 Å². The number of ether oxygens (including phenoxy) is 1. The second-order valence-electron chi connectivity index (χ2n) is 5.60. The molecule has 0 aromatic heterocycles. The third-order valence-electron chi connectivity index (χ3n) is 3.76. The Morgan fingerprint density at radius 2 is 2.05 bits per heavy atom. The molecule has 1 heterocycles. The molecular formula is C15H24N2O3S. The Morgan fingerprint density at radius 1 is 1.33 bits per heavy atom. The normalized spacial score (nSPS) is 20.6. The molecule has 1 aromatic carbocycles. The third kappa shape index (κ3) is 4.43. The van der Waals surface area contributed by atoms with Crippen molar-refractivity contribution in [2.24, 2.45) is 5.92 Å². The number of benzene rings is 1. The summed E-state index contributed by atoms with van der Waals surface area (Å²) in [6.07, 6.45) is 2.04. The number of hydrogen-bond acceptors (Lipinski definition) is 3. The van der Waals surface area contributed by atoms with E-state index < -0.39 is 10.2 Å². The fraction of sp³-hybridized carbons (Fsp3) is 0.600. The van der Waals surface area contributed by atoms with Gasteiger partial charge in [-0.2, -0.15) is 17.0 Å². The minimum atomic E-state index is -3.36. The highest BCUT2D eigenvalue weighted by Crippen LogP contribution is 2.19. The largest absolute Gasteiger partial charge is 0.492 e. The topological polar surface area (TPSA) is 49.9 Å². The molecular weight excluding hydrogens is 288 g/mol. The average Bonchev–Trinajstić information content (AvgIpc) is 2.48. The average molecular weight is 312 g/mol. The van der Waals surface area contributed by atoms with E-state index in [1.165, 1.54) is 4.31 Å². The molecule has 1 atom stereocenters. The molecule has 1 unspecified atom stereocenters. The zero-order chi connectivity index (χ0) is 15.3. The standard InChI is InChI=1S/C15H24N2O3S/c1-14-7-6-10-17(13-14)21(18,19)16(2)11-12-20-15-8-4-3-5-9-15/h3-5,8-9,14H,6-7,10-13H2,1-2H3. The summed E-state index contributed by atoms with van der Waals surface area (Å²) in [5, 5.41) is 0. The van der Waals surface area contributed by atoms with Crippen molar-refractivity contribution in [3.63, 3.8) is 0 Å². The lowest BCUT2D eigenvalue weighted by molar-refractivity contribution is 0.247. The lowest BCUT2D eigenvalue weighted by Gasteiger charge is -2.33. The highest BCUT2D eigenvalue weighted by Gasteiger charge is 2.30. The van der Waals surface area contributed by atoms with E-state index in [1.807, 2.05) is 30.3 Å². The van der Waals surface area contributed by atoms with Crippen LogP contribution in [0.15, 0.2) is 30.3 Å². The molecule has 21 heavy (non-hydrogen) atoms. The van der Waals surface area contributed by atoms with Crippen molar-refractivity contribution >= 4 is 10.2 Å². The lowest BCUT2D eigenvalue weighted by Crippen LogP contribution is -2.47. The van der Waals surface area contributed by atoms with Crippen LogP contribution in [-0.4, -0.2) is 50.3 Å².